The monoisotopic (exact) mass is 313 g/mol. The number of carbonyl (C=O) groups is 1. The first-order chi connectivity index (χ1) is 11.1. The van der Waals surface area contributed by atoms with Gasteiger partial charge < -0.3 is 16.0 Å². The van der Waals surface area contributed by atoms with Crippen LogP contribution < -0.4 is 16.0 Å². The summed E-state index contributed by atoms with van der Waals surface area (Å²) in [5, 5.41) is 2.60. The molecule has 0 bridgehead atoms. The quantitative estimate of drug-likeness (QED) is 0.912. The molecule has 0 radical (unpaired) electrons. The molecule has 0 saturated heterocycles. The van der Waals surface area contributed by atoms with Crippen LogP contribution in [0.15, 0.2) is 42.5 Å². The lowest BCUT2D eigenvalue weighted by Crippen LogP contribution is -2.30. The molecule has 3 rings (SSSR count). The molecule has 0 spiro atoms. The third kappa shape index (κ3) is 3.62. The van der Waals surface area contributed by atoms with E-state index in [1.54, 1.807) is 6.07 Å². The van der Waals surface area contributed by atoms with E-state index in [4.69, 9.17) is 5.73 Å². The molecule has 2 amide bonds. The number of primary amides is 1. The number of nitrogens with one attached hydrogen (secondary N) is 1. The molecule has 5 heteroatoms. The molecule has 0 unspecified atom stereocenters. The topological polar surface area (TPSA) is 58.4 Å². The van der Waals surface area contributed by atoms with Gasteiger partial charge in [-0.05, 0) is 36.1 Å². The molecular weight excluding hydrogens is 293 g/mol. The van der Waals surface area contributed by atoms with Gasteiger partial charge in [-0.1, -0.05) is 30.3 Å². The number of fused-ring (bicyclic) bond motifs is 1. The summed E-state index contributed by atoms with van der Waals surface area (Å²) in [5.41, 5.74) is 9.21. The molecule has 120 valence electrons. The van der Waals surface area contributed by atoms with Gasteiger partial charge in [-0.15, -0.1) is 0 Å². The summed E-state index contributed by atoms with van der Waals surface area (Å²) in [4.78, 5) is 13.0. The third-order valence-electron chi connectivity index (χ3n) is 4.14. The average molecular weight is 313 g/mol. The number of benzene rings is 2. The summed E-state index contributed by atoms with van der Waals surface area (Å²) in [7, 11) is 0. The average Bonchev–Trinajstić information content (AvgIpc) is 2.55. The number of nitrogens with zero attached hydrogens (tertiary/aromatic N) is 1. The standard InChI is InChI=1S/C18H20FN3O/c19-16-6-2-1-4-15(16)12-22-9-3-5-14-10-13(7-8-17(14)22)11-21-18(20)23/h1-2,4,6-8,10H,3,5,9,11-12H2,(H3,20,21,23). The molecule has 1 heterocycles. The predicted molar refractivity (Wildman–Crippen MR) is 88.6 cm³/mol. The lowest BCUT2D eigenvalue weighted by atomic mass is 9.98. The Kier molecular flexibility index (Phi) is 4.46. The van der Waals surface area contributed by atoms with Gasteiger partial charge in [-0.3, -0.25) is 0 Å². The van der Waals surface area contributed by atoms with Gasteiger partial charge in [0.2, 0.25) is 0 Å². The lowest BCUT2D eigenvalue weighted by molar-refractivity contribution is 0.248. The van der Waals surface area contributed by atoms with E-state index in [1.165, 1.54) is 11.6 Å². The van der Waals surface area contributed by atoms with Crippen molar-refractivity contribution in [2.45, 2.75) is 25.9 Å². The van der Waals surface area contributed by atoms with Crippen LogP contribution in [-0.2, 0) is 19.5 Å². The van der Waals surface area contributed by atoms with Crippen LogP contribution in [0.5, 0.6) is 0 Å². The fourth-order valence-electron chi connectivity index (χ4n) is 3.02. The summed E-state index contributed by atoms with van der Waals surface area (Å²) < 4.78 is 13.9. The van der Waals surface area contributed by atoms with Crippen LogP contribution in [0.2, 0.25) is 0 Å². The summed E-state index contributed by atoms with van der Waals surface area (Å²) in [6.45, 7) is 1.91. The Balaban J connectivity index is 1.79. The third-order valence-corrected chi connectivity index (χ3v) is 4.14. The highest BCUT2D eigenvalue weighted by molar-refractivity contribution is 5.71. The number of nitrogens with two attached hydrogens (primary N) is 1. The summed E-state index contributed by atoms with van der Waals surface area (Å²) in [6.07, 6.45) is 2.03. The second kappa shape index (κ2) is 6.69. The van der Waals surface area contributed by atoms with Crippen molar-refractivity contribution in [3.63, 3.8) is 0 Å². The van der Waals surface area contributed by atoms with Gasteiger partial charge in [0.15, 0.2) is 0 Å². The van der Waals surface area contributed by atoms with Gasteiger partial charge >= 0.3 is 6.03 Å². The van der Waals surface area contributed by atoms with Gasteiger partial charge in [0.1, 0.15) is 5.82 Å². The molecule has 1 aliphatic heterocycles. The molecule has 2 aromatic carbocycles. The molecule has 23 heavy (non-hydrogen) atoms. The normalized spacial score (nSPS) is 13.5. The van der Waals surface area contributed by atoms with Crippen molar-refractivity contribution in [1.82, 2.24) is 5.32 Å². The Morgan fingerprint density at radius 3 is 2.87 bits per heavy atom. The van der Waals surface area contributed by atoms with Crippen molar-refractivity contribution in [2.75, 3.05) is 11.4 Å². The fraction of sp³-hybridized carbons (Fsp3) is 0.278. The maximum Gasteiger partial charge on any atom is 0.312 e. The Hall–Kier alpha value is -2.56. The van der Waals surface area contributed by atoms with E-state index in [0.717, 1.165) is 30.6 Å². The minimum Gasteiger partial charge on any atom is -0.367 e. The zero-order valence-electron chi connectivity index (χ0n) is 12.9. The van der Waals surface area contributed by atoms with Crippen LogP contribution in [0.25, 0.3) is 0 Å². The van der Waals surface area contributed by atoms with Crippen molar-refractivity contribution >= 4 is 11.7 Å². The number of anilines is 1. The Labute approximate surface area is 135 Å². The zero-order chi connectivity index (χ0) is 16.2. The molecule has 0 aliphatic carbocycles. The van der Waals surface area contributed by atoms with Crippen molar-refractivity contribution in [3.05, 3.63) is 65.0 Å². The van der Waals surface area contributed by atoms with E-state index in [-0.39, 0.29) is 5.82 Å². The number of urea groups is 1. The highest BCUT2D eigenvalue weighted by atomic mass is 19.1. The van der Waals surface area contributed by atoms with Gasteiger partial charge in [-0.2, -0.15) is 0 Å². The van der Waals surface area contributed by atoms with Crippen LogP contribution in [0.3, 0.4) is 0 Å². The van der Waals surface area contributed by atoms with Gasteiger partial charge in [0, 0.05) is 30.9 Å². The van der Waals surface area contributed by atoms with Crippen LogP contribution in [0.4, 0.5) is 14.9 Å². The van der Waals surface area contributed by atoms with E-state index >= 15 is 0 Å². The SMILES string of the molecule is NC(=O)NCc1ccc2c(c1)CCCN2Cc1ccccc1F. The molecular formula is C18H20FN3O. The number of rotatable bonds is 4. The number of halogens is 1. The highest BCUT2D eigenvalue weighted by Gasteiger charge is 2.18. The lowest BCUT2D eigenvalue weighted by Gasteiger charge is -2.32. The first-order valence-electron chi connectivity index (χ1n) is 7.77. The highest BCUT2D eigenvalue weighted by Crippen LogP contribution is 2.29. The Morgan fingerprint density at radius 1 is 1.26 bits per heavy atom. The Bertz CT molecular complexity index is 717. The van der Waals surface area contributed by atoms with Crippen molar-refractivity contribution in [3.8, 4) is 0 Å². The molecule has 4 nitrogen and oxygen atoms in total. The molecule has 0 aromatic heterocycles. The number of carbonyl (C=O) groups excluding carboxylic acids is 1. The van der Waals surface area contributed by atoms with E-state index in [9.17, 15) is 9.18 Å². The molecule has 0 fully saturated rings. The van der Waals surface area contributed by atoms with Crippen LogP contribution in [0, 0.1) is 5.82 Å². The minimum absolute atomic E-state index is 0.165. The first kappa shape index (κ1) is 15.3. The fourth-order valence-corrected chi connectivity index (χ4v) is 3.02. The van der Waals surface area contributed by atoms with Gasteiger partial charge in [-0.25, -0.2) is 9.18 Å². The van der Waals surface area contributed by atoms with Gasteiger partial charge in [0.05, 0.1) is 0 Å². The van der Waals surface area contributed by atoms with Crippen LogP contribution >= 0.6 is 0 Å². The van der Waals surface area contributed by atoms with E-state index < -0.39 is 6.03 Å². The van der Waals surface area contributed by atoms with Crippen molar-refractivity contribution < 1.29 is 9.18 Å². The zero-order valence-corrected chi connectivity index (χ0v) is 12.9. The Morgan fingerprint density at radius 2 is 2.09 bits per heavy atom. The van der Waals surface area contributed by atoms with Crippen molar-refractivity contribution in [1.29, 1.82) is 0 Å². The largest absolute Gasteiger partial charge is 0.367 e. The summed E-state index contributed by atoms with van der Waals surface area (Å²) in [5.74, 6) is -0.165. The van der Waals surface area contributed by atoms with Crippen molar-refractivity contribution in [2.24, 2.45) is 5.73 Å². The van der Waals surface area contributed by atoms with Crippen LogP contribution in [-0.4, -0.2) is 12.6 Å². The predicted octanol–water partition coefficient (Wildman–Crippen LogP) is 2.95. The maximum absolute atomic E-state index is 13.9. The maximum atomic E-state index is 13.9. The smallest absolute Gasteiger partial charge is 0.312 e. The summed E-state index contributed by atoms with van der Waals surface area (Å²) >= 11 is 0. The van der Waals surface area contributed by atoms with Gasteiger partial charge in [0.25, 0.3) is 0 Å². The number of aryl methyl sites for hydroxylation is 1. The first-order valence-corrected chi connectivity index (χ1v) is 7.77. The van der Waals surface area contributed by atoms with E-state index in [1.807, 2.05) is 24.3 Å². The molecule has 1 aliphatic rings. The van der Waals surface area contributed by atoms with Crippen LogP contribution in [0.1, 0.15) is 23.1 Å². The van der Waals surface area contributed by atoms with E-state index in [0.29, 0.717) is 18.7 Å². The molecule has 2 aromatic rings. The van der Waals surface area contributed by atoms with E-state index in [2.05, 4.69) is 16.3 Å². The minimum atomic E-state index is -0.524. The number of amides is 2. The summed E-state index contributed by atoms with van der Waals surface area (Å²) in [6, 6.07) is 12.5. The molecule has 0 atom stereocenters. The second-order valence-electron chi connectivity index (χ2n) is 5.80. The number of hydrogen-bond acceptors (Lipinski definition) is 2. The number of hydrogen-bond donors (Lipinski definition) is 2. The molecule has 3 N–H and O–H groups in total. The second-order valence-corrected chi connectivity index (χ2v) is 5.80. The molecule has 0 saturated carbocycles.